The number of carboxylic acids is 1. The van der Waals surface area contributed by atoms with E-state index in [2.05, 4.69) is 4.98 Å². The molecule has 1 aromatic heterocycles. The Kier molecular flexibility index (Phi) is 7.23. The minimum atomic E-state index is -1.11. The topological polar surface area (TPSA) is 85.4 Å². The molecule has 20 heavy (non-hydrogen) atoms. The van der Waals surface area contributed by atoms with Crippen LogP contribution in [0.15, 0.2) is 12.1 Å². The van der Waals surface area contributed by atoms with Crippen molar-refractivity contribution in [2.24, 2.45) is 5.73 Å². The number of halogens is 2. The molecule has 7 heteroatoms. The molecule has 112 valence electrons. The SMILES string of the molecule is COC1CCC(N)CC1.O=C(O)c1ccc(Cl)nc1Cl. The molecule has 1 aliphatic carbocycles. The third-order valence-corrected chi connectivity index (χ3v) is 3.60. The van der Waals surface area contributed by atoms with Crippen LogP contribution in [0, 0.1) is 0 Å². The summed E-state index contributed by atoms with van der Waals surface area (Å²) < 4.78 is 5.18. The van der Waals surface area contributed by atoms with Crippen LogP contribution in [0.4, 0.5) is 0 Å². The standard InChI is InChI=1S/C7H15NO.C6H3Cl2NO2/c1-9-7-4-2-6(8)3-5-7;7-4-2-1-3(6(10)11)5(8)9-4/h6-7H,2-5,8H2,1H3;1-2H,(H,10,11). The lowest BCUT2D eigenvalue weighted by Crippen LogP contribution is -2.29. The molecular weight excluding hydrogens is 303 g/mol. The second-order valence-corrected chi connectivity index (χ2v) is 5.30. The molecule has 0 spiro atoms. The van der Waals surface area contributed by atoms with Crippen LogP contribution in [-0.4, -0.2) is 35.3 Å². The lowest BCUT2D eigenvalue weighted by Gasteiger charge is -2.24. The molecule has 2 rings (SSSR count). The lowest BCUT2D eigenvalue weighted by atomic mass is 9.94. The van der Waals surface area contributed by atoms with Gasteiger partial charge in [0, 0.05) is 13.2 Å². The van der Waals surface area contributed by atoms with Crippen molar-refractivity contribution in [3.05, 3.63) is 28.0 Å². The molecule has 0 radical (unpaired) electrons. The highest BCUT2D eigenvalue weighted by molar-refractivity contribution is 6.34. The first kappa shape index (κ1) is 17.2. The monoisotopic (exact) mass is 320 g/mol. The Morgan fingerprint density at radius 1 is 1.35 bits per heavy atom. The Morgan fingerprint density at radius 3 is 2.40 bits per heavy atom. The summed E-state index contributed by atoms with van der Waals surface area (Å²) >= 11 is 10.9. The molecule has 0 saturated heterocycles. The molecule has 3 N–H and O–H groups in total. The van der Waals surface area contributed by atoms with Gasteiger partial charge in [0.1, 0.15) is 10.3 Å². The predicted octanol–water partition coefficient (Wildman–Crippen LogP) is 2.99. The van der Waals surface area contributed by atoms with Crippen LogP contribution in [0.2, 0.25) is 10.3 Å². The number of rotatable bonds is 2. The van der Waals surface area contributed by atoms with Crippen molar-refractivity contribution in [3.63, 3.8) is 0 Å². The van der Waals surface area contributed by atoms with E-state index in [4.69, 9.17) is 38.8 Å². The summed E-state index contributed by atoms with van der Waals surface area (Å²) in [6.45, 7) is 0. The van der Waals surface area contributed by atoms with Gasteiger partial charge in [-0.2, -0.15) is 0 Å². The number of methoxy groups -OCH3 is 1. The van der Waals surface area contributed by atoms with Crippen molar-refractivity contribution in [3.8, 4) is 0 Å². The summed E-state index contributed by atoms with van der Waals surface area (Å²) in [6.07, 6.45) is 5.07. The molecule has 0 unspecified atom stereocenters. The van der Waals surface area contributed by atoms with Gasteiger partial charge in [-0.25, -0.2) is 9.78 Å². The van der Waals surface area contributed by atoms with Crippen LogP contribution in [0.1, 0.15) is 36.0 Å². The molecule has 0 atom stereocenters. The van der Waals surface area contributed by atoms with Crippen LogP contribution >= 0.6 is 23.2 Å². The van der Waals surface area contributed by atoms with E-state index in [0.29, 0.717) is 12.1 Å². The highest BCUT2D eigenvalue weighted by Crippen LogP contribution is 2.18. The van der Waals surface area contributed by atoms with Gasteiger partial charge in [0.05, 0.1) is 11.7 Å². The molecule has 1 aromatic rings. The molecule has 0 aliphatic heterocycles. The molecular formula is C13H18Cl2N2O3. The van der Waals surface area contributed by atoms with Crippen LogP contribution in [0.5, 0.6) is 0 Å². The van der Waals surface area contributed by atoms with E-state index >= 15 is 0 Å². The number of aromatic nitrogens is 1. The summed E-state index contributed by atoms with van der Waals surface area (Å²) in [5.74, 6) is -1.11. The van der Waals surface area contributed by atoms with E-state index in [-0.39, 0.29) is 15.9 Å². The molecule has 5 nitrogen and oxygen atoms in total. The summed E-state index contributed by atoms with van der Waals surface area (Å²) in [5.41, 5.74) is 5.65. The van der Waals surface area contributed by atoms with Crippen molar-refractivity contribution in [1.29, 1.82) is 0 Å². The number of ether oxygens (including phenoxy) is 1. The lowest BCUT2D eigenvalue weighted by molar-refractivity contribution is 0.0664. The van der Waals surface area contributed by atoms with Crippen molar-refractivity contribution >= 4 is 29.2 Å². The molecule has 0 bridgehead atoms. The molecule has 0 aromatic carbocycles. The van der Waals surface area contributed by atoms with E-state index in [1.165, 1.54) is 12.1 Å². The predicted molar refractivity (Wildman–Crippen MR) is 78.5 cm³/mol. The van der Waals surface area contributed by atoms with E-state index in [1.807, 2.05) is 0 Å². The first-order chi connectivity index (χ1) is 9.43. The average Bonchev–Trinajstić information content (AvgIpc) is 2.40. The van der Waals surface area contributed by atoms with Gasteiger partial charge in [-0.1, -0.05) is 23.2 Å². The third kappa shape index (κ3) is 5.63. The zero-order valence-corrected chi connectivity index (χ0v) is 12.7. The van der Waals surface area contributed by atoms with Gasteiger partial charge in [0.25, 0.3) is 0 Å². The molecule has 1 aliphatic rings. The van der Waals surface area contributed by atoms with Gasteiger partial charge in [0.2, 0.25) is 0 Å². The second-order valence-electron chi connectivity index (χ2n) is 4.55. The second kappa shape index (κ2) is 8.42. The smallest absolute Gasteiger partial charge is 0.338 e. The number of nitrogens with two attached hydrogens (primary N) is 1. The first-order valence-electron chi connectivity index (χ1n) is 6.27. The zero-order chi connectivity index (χ0) is 15.1. The molecule has 0 amide bonds. The first-order valence-corrected chi connectivity index (χ1v) is 7.03. The Bertz CT molecular complexity index is 449. The maximum atomic E-state index is 10.4. The molecule has 1 fully saturated rings. The number of aromatic carboxylic acids is 1. The minimum Gasteiger partial charge on any atom is -0.478 e. The number of hydrogen-bond donors (Lipinski definition) is 2. The molecule has 1 heterocycles. The highest BCUT2D eigenvalue weighted by atomic mass is 35.5. The van der Waals surface area contributed by atoms with Gasteiger partial charge in [-0.05, 0) is 37.8 Å². The largest absolute Gasteiger partial charge is 0.478 e. The number of pyridine rings is 1. The van der Waals surface area contributed by atoms with E-state index in [9.17, 15) is 4.79 Å². The average molecular weight is 321 g/mol. The van der Waals surface area contributed by atoms with E-state index in [1.54, 1.807) is 7.11 Å². The molecule has 1 saturated carbocycles. The van der Waals surface area contributed by atoms with Crippen LogP contribution in [0.3, 0.4) is 0 Å². The maximum Gasteiger partial charge on any atom is 0.338 e. The fourth-order valence-corrected chi connectivity index (χ4v) is 2.32. The minimum absolute atomic E-state index is 0.0453. The van der Waals surface area contributed by atoms with E-state index < -0.39 is 5.97 Å². The Balaban J connectivity index is 0.000000204. The summed E-state index contributed by atoms with van der Waals surface area (Å²) in [4.78, 5) is 13.9. The number of carboxylic acid groups (broad SMARTS) is 1. The van der Waals surface area contributed by atoms with Crippen molar-refractivity contribution in [2.45, 2.75) is 37.8 Å². The van der Waals surface area contributed by atoms with Crippen LogP contribution < -0.4 is 5.73 Å². The fourth-order valence-electron chi connectivity index (χ4n) is 1.90. The van der Waals surface area contributed by atoms with E-state index in [0.717, 1.165) is 25.7 Å². The van der Waals surface area contributed by atoms with Crippen molar-refractivity contribution < 1.29 is 14.6 Å². The zero-order valence-electron chi connectivity index (χ0n) is 11.2. The van der Waals surface area contributed by atoms with Crippen LogP contribution in [0.25, 0.3) is 0 Å². The third-order valence-electron chi connectivity index (χ3n) is 3.10. The van der Waals surface area contributed by atoms with Crippen molar-refractivity contribution in [1.82, 2.24) is 4.98 Å². The number of nitrogens with zero attached hydrogens (tertiary/aromatic N) is 1. The summed E-state index contributed by atoms with van der Waals surface area (Å²) in [7, 11) is 1.78. The highest BCUT2D eigenvalue weighted by Gasteiger charge is 2.16. The Labute approximate surface area is 128 Å². The van der Waals surface area contributed by atoms with Gasteiger partial charge in [0.15, 0.2) is 0 Å². The van der Waals surface area contributed by atoms with Crippen molar-refractivity contribution in [2.75, 3.05) is 7.11 Å². The van der Waals surface area contributed by atoms with Gasteiger partial charge >= 0.3 is 5.97 Å². The Hall–Kier alpha value is -0.880. The number of hydrogen-bond acceptors (Lipinski definition) is 4. The van der Waals surface area contributed by atoms with Gasteiger partial charge in [-0.15, -0.1) is 0 Å². The van der Waals surface area contributed by atoms with Gasteiger partial charge < -0.3 is 15.6 Å². The van der Waals surface area contributed by atoms with Crippen LogP contribution in [-0.2, 0) is 4.74 Å². The summed E-state index contributed by atoms with van der Waals surface area (Å²) in [5, 5.41) is 8.58. The summed E-state index contributed by atoms with van der Waals surface area (Å²) in [6, 6.07) is 3.12. The Morgan fingerprint density at radius 2 is 1.95 bits per heavy atom. The fraction of sp³-hybridized carbons (Fsp3) is 0.538. The van der Waals surface area contributed by atoms with Gasteiger partial charge in [-0.3, -0.25) is 0 Å². The normalized spacial score (nSPS) is 21.8. The number of carbonyl (C=O) groups is 1. The quantitative estimate of drug-likeness (QED) is 0.818. The maximum absolute atomic E-state index is 10.4.